The fourth-order valence-corrected chi connectivity index (χ4v) is 4.34. The Morgan fingerprint density at radius 3 is 2.56 bits per heavy atom. The number of rotatable bonds is 7. The van der Waals surface area contributed by atoms with Gasteiger partial charge in [0.25, 0.3) is 0 Å². The lowest BCUT2D eigenvalue weighted by molar-refractivity contribution is 0.356. The second-order valence-electron chi connectivity index (χ2n) is 8.81. The fourth-order valence-electron chi connectivity index (χ4n) is 4.34. The van der Waals surface area contributed by atoms with Crippen LogP contribution in [0, 0.1) is 17.6 Å². The summed E-state index contributed by atoms with van der Waals surface area (Å²) in [6, 6.07) is 7.12. The van der Waals surface area contributed by atoms with Crippen LogP contribution < -0.4 is 10.6 Å². The van der Waals surface area contributed by atoms with Gasteiger partial charge in [-0.25, -0.2) is 18.7 Å². The van der Waals surface area contributed by atoms with Crippen molar-refractivity contribution in [2.24, 2.45) is 9.98 Å². The van der Waals surface area contributed by atoms with E-state index < -0.39 is 17.6 Å². The van der Waals surface area contributed by atoms with Crippen LogP contribution in [-0.4, -0.2) is 53.6 Å². The number of para-hydroxylation sites is 1. The number of nitrogens with zero attached hydrogens (tertiary/aromatic N) is 5. The SMILES string of the molecule is C=Nc1c(F)ncc(C2CC2)c1/C(=N\Cc1ccnc(Nc2c(F)cccc2F)c1)N1CCNCC1. The lowest BCUT2D eigenvalue weighted by Crippen LogP contribution is -2.47. The van der Waals surface area contributed by atoms with E-state index in [0.29, 0.717) is 30.4 Å². The van der Waals surface area contributed by atoms with Crippen molar-refractivity contribution in [2.75, 3.05) is 31.5 Å². The number of aliphatic imine (C=N–C) groups is 2. The van der Waals surface area contributed by atoms with Gasteiger partial charge >= 0.3 is 0 Å². The molecule has 1 saturated heterocycles. The van der Waals surface area contributed by atoms with Crippen molar-refractivity contribution in [3.05, 3.63) is 77.0 Å². The maximum atomic E-state index is 14.7. The Labute approximate surface area is 207 Å². The first-order chi connectivity index (χ1) is 17.5. The zero-order valence-electron chi connectivity index (χ0n) is 19.6. The van der Waals surface area contributed by atoms with Crippen LogP contribution in [-0.2, 0) is 6.54 Å². The third-order valence-electron chi connectivity index (χ3n) is 6.30. The molecule has 0 unspecified atom stereocenters. The first kappa shape index (κ1) is 23.9. The molecule has 3 heterocycles. The van der Waals surface area contributed by atoms with E-state index in [-0.39, 0.29) is 23.7 Å². The highest BCUT2D eigenvalue weighted by atomic mass is 19.1. The minimum atomic E-state index is -0.710. The van der Waals surface area contributed by atoms with Crippen LogP contribution >= 0.6 is 0 Å². The van der Waals surface area contributed by atoms with Crippen LogP contribution in [0.1, 0.15) is 35.4 Å². The summed E-state index contributed by atoms with van der Waals surface area (Å²) in [5.74, 6) is -0.856. The number of hydrogen-bond donors (Lipinski definition) is 2. The molecule has 5 rings (SSSR count). The Morgan fingerprint density at radius 1 is 1.11 bits per heavy atom. The molecule has 1 aromatic carbocycles. The second kappa shape index (κ2) is 10.4. The van der Waals surface area contributed by atoms with Crippen LogP contribution in [0.3, 0.4) is 0 Å². The third kappa shape index (κ3) is 5.08. The number of amidine groups is 1. The van der Waals surface area contributed by atoms with Gasteiger partial charge in [0.05, 0.1) is 12.1 Å². The highest BCUT2D eigenvalue weighted by molar-refractivity contribution is 6.04. The number of nitrogens with one attached hydrogen (secondary N) is 2. The van der Waals surface area contributed by atoms with Crippen molar-refractivity contribution in [3.63, 3.8) is 0 Å². The smallest absolute Gasteiger partial charge is 0.239 e. The van der Waals surface area contributed by atoms with E-state index >= 15 is 0 Å². The van der Waals surface area contributed by atoms with Crippen LogP contribution in [0.5, 0.6) is 0 Å². The van der Waals surface area contributed by atoms with E-state index in [2.05, 4.69) is 37.2 Å². The summed E-state index contributed by atoms with van der Waals surface area (Å²) in [6.07, 6.45) is 5.16. The summed E-state index contributed by atoms with van der Waals surface area (Å²) in [5, 5.41) is 6.04. The highest BCUT2D eigenvalue weighted by Crippen LogP contribution is 2.44. The highest BCUT2D eigenvalue weighted by Gasteiger charge is 2.32. The third-order valence-corrected chi connectivity index (χ3v) is 6.30. The van der Waals surface area contributed by atoms with E-state index in [1.54, 1.807) is 24.5 Å². The Bertz CT molecular complexity index is 1280. The van der Waals surface area contributed by atoms with Crippen LogP contribution in [0.4, 0.5) is 30.4 Å². The summed E-state index contributed by atoms with van der Waals surface area (Å²) < 4.78 is 42.9. The summed E-state index contributed by atoms with van der Waals surface area (Å²) in [7, 11) is 0. The molecule has 10 heteroatoms. The lowest BCUT2D eigenvalue weighted by atomic mass is 10.0. The monoisotopic (exact) mass is 493 g/mol. The molecule has 2 fully saturated rings. The van der Waals surface area contributed by atoms with E-state index in [9.17, 15) is 13.2 Å². The van der Waals surface area contributed by atoms with Crippen LogP contribution in [0.15, 0.2) is 52.7 Å². The largest absolute Gasteiger partial charge is 0.354 e. The quantitative estimate of drug-likeness (QED) is 0.284. The second-order valence-corrected chi connectivity index (χ2v) is 8.81. The van der Waals surface area contributed by atoms with E-state index in [1.807, 2.05) is 0 Å². The van der Waals surface area contributed by atoms with Gasteiger partial charge in [0, 0.05) is 38.6 Å². The van der Waals surface area contributed by atoms with E-state index in [4.69, 9.17) is 4.99 Å². The molecular weight excluding hydrogens is 467 g/mol. The van der Waals surface area contributed by atoms with Gasteiger partial charge in [0.2, 0.25) is 5.95 Å². The minimum absolute atomic E-state index is 0.115. The number of anilines is 2. The molecule has 7 nitrogen and oxygen atoms in total. The molecule has 1 aliphatic carbocycles. The van der Waals surface area contributed by atoms with Crippen LogP contribution in [0.2, 0.25) is 0 Å². The molecule has 0 radical (unpaired) electrons. The number of pyridine rings is 2. The Morgan fingerprint density at radius 2 is 1.86 bits per heavy atom. The van der Waals surface area contributed by atoms with Gasteiger partial charge in [-0.05, 0) is 60.9 Å². The predicted molar refractivity (Wildman–Crippen MR) is 134 cm³/mol. The van der Waals surface area contributed by atoms with Gasteiger partial charge in [-0.15, -0.1) is 0 Å². The molecule has 0 amide bonds. The van der Waals surface area contributed by atoms with Crippen molar-refractivity contribution in [1.82, 2.24) is 20.2 Å². The minimum Gasteiger partial charge on any atom is -0.354 e. The summed E-state index contributed by atoms with van der Waals surface area (Å²) in [6.45, 7) is 6.81. The number of piperazine rings is 1. The molecule has 1 aliphatic heterocycles. The molecule has 0 atom stereocenters. The normalized spacial score (nSPS) is 16.2. The predicted octanol–water partition coefficient (Wildman–Crippen LogP) is 4.70. The molecule has 0 bridgehead atoms. The molecule has 0 spiro atoms. The van der Waals surface area contributed by atoms with Gasteiger partial charge in [-0.3, -0.25) is 9.98 Å². The van der Waals surface area contributed by atoms with Crippen LogP contribution in [0.25, 0.3) is 0 Å². The summed E-state index contributed by atoms with van der Waals surface area (Å²) in [4.78, 5) is 19.1. The Balaban J connectivity index is 1.50. The van der Waals surface area contributed by atoms with Gasteiger partial charge < -0.3 is 15.5 Å². The van der Waals surface area contributed by atoms with E-state index in [1.165, 1.54) is 18.2 Å². The molecule has 186 valence electrons. The van der Waals surface area contributed by atoms with Gasteiger partial charge in [0.15, 0.2) is 0 Å². The number of halogens is 3. The number of hydrogen-bond acceptors (Lipinski definition) is 6. The van der Waals surface area contributed by atoms with Gasteiger partial charge in [-0.1, -0.05) is 6.07 Å². The standard InChI is InChI=1S/C26H26F3N7/c1-30-24-22(18(17-5-6-17)15-33-25(24)29)26(36-11-9-31-10-12-36)34-14-16-7-8-32-21(13-16)35-23-19(27)3-2-4-20(23)28/h2-4,7-8,13,15,17,31H,1,5-6,9-12,14H2,(H,32,35)/b34-26+. The topological polar surface area (TPSA) is 77.8 Å². The Hall–Kier alpha value is -3.79. The van der Waals surface area contributed by atoms with Gasteiger partial charge in [-0.2, -0.15) is 4.39 Å². The number of aromatic nitrogens is 2. The maximum absolute atomic E-state index is 14.7. The first-order valence-corrected chi connectivity index (χ1v) is 11.9. The molecule has 2 N–H and O–H groups in total. The molecular formula is C26H26F3N7. The summed E-state index contributed by atoms with van der Waals surface area (Å²) >= 11 is 0. The van der Waals surface area contributed by atoms with Crippen molar-refractivity contribution < 1.29 is 13.2 Å². The zero-order chi connectivity index (χ0) is 25.1. The molecule has 1 saturated carbocycles. The lowest BCUT2D eigenvalue weighted by Gasteiger charge is -2.32. The number of benzene rings is 1. The van der Waals surface area contributed by atoms with Crippen molar-refractivity contribution >= 4 is 29.7 Å². The molecule has 2 aliphatic rings. The van der Waals surface area contributed by atoms with Crippen molar-refractivity contribution in [2.45, 2.75) is 25.3 Å². The average Bonchev–Trinajstić information content (AvgIpc) is 3.73. The Kier molecular flexibility index (Phi) is 6.95. The fraction of sp³-hybridized carbons (Fsp3) is 0.308. The summed E-state index contributed by atoms with van der Waals surface area (Å²) in [5.41, 5.74) is 2.19. The maximum Gasteiger partial charge on any atom is 0.239 e. The first-order valence-electron chi connectivity index (χ1n) is 11.9. The molecule has 36 heavy (non-hydrogen) atoms. The average molecular weight is 494 g/mol. The molecule has 2 aromatic heterocycles. The van der Waals surface area contributed by atoms with Crippen molar-refractivity contribution in [3.8, 4) is 0 Å². The molecule has 3 aromatic rings. The van der Waals surface area contributed by atoms with Crippen molar-refractivity contribution in [1.29, 1.82) is 0 Å². The van der Waals surface area contributed by atoms with Gasteiger partial charge in [0.1, 0.15) is 34.7 Å². The zero-order valence-corrected chi connectivity index (χ0v) is 19.6. The van der Waals surface area contributed by atoms with E-state index in [0.717, 1.165) is 37.1 Å².